The van der Waals surface area contributed by atoms with Gasteiger partial charge < -0.3 is 5.11 Å². The smallest absolute Gasteiger partial charge is 0.379 e. The summed E-state index contributed by atoms with van der Waals surface area (Å²) in [6.45, 7) is 0. The van der Waals surface area contributed by atoms with E-state index in [0.717, 1.165) is 12.1 Å². The van der Waals surface area contributed by atoms with Gasteiger partial charge in [0.05, 0.1) is 0 Å². The van der Waals surface area contributed by atoms with Crippen LogP contribution in [0, 0.1) is 0 Å². The molecule has 1 rings (SSSR count). The minimum atomic E-state index is -3.97. The molecule has 0 fully saturated rings. The van der Waals surface area contributed by atoms with Crippen molar-refractivity contribution >= 4 is 11.8 Å². The number of halogens is 2. The fraction of sp³-hybridized carbons (Fsp3) is 0.111. The predicted octanol–water partition coefficient (Wildman–Crippen LogP) is 1.43. The highest BCUT2D eigenvalue weighted by atomic mass is 19.3. The fourth-order valence-corrected chi connectivity index (χ4v) is 0.913. The Kier molecular flexibility index (Phi) is 2.60. The second kappa shape index (κ2) is 3.53. The second-order valence-corrected chi connectivity index (χ2v) is 2.57. The van der Waals surface area contributed by atoms with E-state index in [1.165, 1.54) is 18.2 Å². The molecule has 1 N–H and O–H groups in total. The van der Waals surface area contributed by atoms with Gasteiger partial charge in [-0.1, -0.05) is 30.3 Å². The highest BCUT2D eigenvalue weighted by molar-refractivity contribution is 6.35. The van der Waals surface area contributed by atoms with Crippen LogP contribution < -0.4 is 0 Å². The number of carbonyl (C=O) groups excluding carboxylic acids is 1. The lowest BCUT2D eigenvalue weighted by Crippen LogP contribution is -2.32. The molecular weight excluding hydrogens is 194 g/mol. The van der Waals surface area contributed by atoms with E-state index in [1.807, 2.05) is 0 Å². The van der Waals surface area contributed by atoms with Crippen LogP contribution in [-0.4, -0.2) is 16.9 Å². The summed E-state index contributed by atoms with van der Waals surface area (Å²) in [4.78, 5) is 20.7. The second-order valence-electron chi connectivity index (χ2n) is 2.57. The third-order valence-electron chi connectivity index (χ3n) is 1.62. The van der Waals surface area contributed by atoms with Crippen LogP contribution in [0.3, 0.4) is 0 Å². The topological polar surface area (TPSA) is 54.4 Å². The van der Waals surface area contributed by atoms with Crippen molar-refractivity contribution in [2.45, 2.75) is 5.92 Å². The van der Waals surface area contributed by atoms with Gasteiger partial charge in [-0.15, -0.1) is 0 Å². The molecule has 14 heavy (non-hydrogen) atoms. The molecule has 1 aromatic carbocycles. The maximum absolute atomic E-state index is 13.1. The molecule has 0 saturated carbocycles. The average molecular weight is 200 g/mol. The third-order valence-corrected chi connectivity index (χ3v) is 1.62. The zero-order chi connectivity index (χ0) is 10.8. The summed E-state index contributed by atoms with van der Waals surface area (Å²) < 4.78 is 26.1. The first-order valence-electron chi connectivity index (χ1n) is 3.67. The Hall–Kier alpha value is -1.78. The van der Waals surface area contributed by atoms with Crippen molar-refractivity contribution in [2.75, 3.05) is 0 Å². The highest BCUT2D eigenvalue weighted by Crippen LogP contribution is 2.28. The summed E-state index contributed by atoms with van der Waals surface area (Å²) in [5.74, 6) is -8.23. The summed E-state index contributed by atoms with van der Waals surface area (Å²) in [5.41, 5.74) is -0.618. The molecule has 0 aliphatic heterocycles. The van der Waals surface area contributed by atoms with E-state index in [9.17, 15) is 18.4 Å². The van der Waals surface area contributed by atoms with Crippen molar-refractivity contribution in [1.29, 1.82) is 0 Å². The van der Waals surface area contributed by atoms with Crippen LogP contribution in [0.5, 0.6) is 0 Å². The lowest BCUT2D eigenvalue weighted by molar-refractivity contribution is -0.163. The summed E-state index contributed by atoms with van der Waals surface area (Å²) in [7, 11) is 0. The van der Waals surface area contributed by atoms with E-state index in [-0.39, 0.29) is 0 Å². The normalized spacial score (nSPS) is 11.0. The van der Waals surface area contributed by atoms with E-state index < -0.39 is 23.2 Å². The zero-order valence-electron chi connectivity index (χ0n) is 6.91. The molecule has 0 aliphatic carbocycles. The molecule has 5 heteroatoms. The number of rotatable bonds is 3. The van der Waals surface area contributed by atoms with Gasteiger partial charge in [-0.05, 0) is 0 Å². The fourth-order valence-electron chi connectivity index (χ4n) is 0.913. The molecule has 1 aromatic rings. The molecular formula is C9H6F2O3. The number of aliphatic carboxylic acids is 1. The first kappa shape index (κ1) is 10.3. The van der Waals surface area contributed by atoms with Crippen LogP contribution in [0.2, 0.25) is 0 Å². The van der Waals surface area contributed by atoms with Crippen molar-refractivity contribution in [2.24, 2.45) is 0 Å². The quantitative estimate of drug-likeness (QED) is 0.751. The Labute approximate surface area is 78.0 Å². The van der Waals surface area contributed by atoms with Gasteiger partial charge in [0.25, 0.3) is 0 Å². The van der Waals surface area contributed by atoms with E-state index in [2.05, 4.69) is 0 Å². The number of alkyl halides is 2. The Morgan fingerprint density at radius 1 is 1.14 bits per heavy atom. The molecule has 0 spiro atoms. The van der Waals surface area contributed by atoms with Gasteiger partial charge in [-0.3, -0.25) is 4.79 Å². The number of hydrogen-bond donors (Lipinski definition) is 1. The van der Waals surface area contributed by atoms with E-state index >= 15 is 0 Å². The number of hydrogen-bond acceptors (Lipinski definition) is 2. The number of ketones is 1. The van der Waals surface area contributed by atoms with Crippen molar-refractivity contribution in [3.05, 3.63) is 35.9 Å². The van der Waals surface area contributed by atoms with Gasteiger partial charge in [0.1, 0.15) is 0 Å². The largest absolute Gasteiger partial charge is 0.475 e. The van der Waals surface area contributed by atoms with Crippen molar-refractivity contribution < 1.29 is 23.5 Å². The number of carboxylic acid groups (broad SMARTS) is 1. The van der Waals surface area contributed by atoms with Gasteiger partial charge in [0.15, 0.2) is 0 Å². The predicted molar refractivity (Wildman–Crippen MR) is 43.0 cm³/mol. The van der Waals surface area contributed by atoms with Gasteiger partial charge in [0, 0.05) is 5.56 Å². The number of carbonyl (C=O) groups is 2. The van der Waals surface area contributed by atoms with Gasteiger partial charge in [-0.2, -0.15) is 8.78 Å². The van der Waals surface area contributed by atoms with Crippen LogP contribution in [0.25, 0.3) is 0 Å². The Balaban J connectivity index is 3.08. The molecule has 0 aromatic heterocycles. The maximum Gasteiger partial charge on any atom is 0.379 e. The number of Topliss-reactive ketones (excluding diaryl/α,β-unsaturated/α-hetero) is 1. The van der Waals surface area contributed by atoms with Crippen LogP contribution in [0.4, 0.5) is 8.78 Å². The standard InChI is InChI=1S/C9H6F2O3/c10-9(11,7(12)8(13)14)6-4-2-1-3-5-6/h1-5H,(H,13,14). The van der Waals surface area contributed by atoms with Crippen molar-refractivity contribution in [3.63, 3.8) is 0 Å². The lowest BCUT2D eigenvalue weighted by Gasteiger charge is -2.11. The van der Waals surface area contributed by atoms with Crippen LogP contribution in [0.1, 0.15) is 5.56 Å². The van der Waals surface area contributed by atoms with E-state index in [1.54, 1.807) is 0 Å². The highest BCUT2D eigenvalue weighted by Gasteiger charge is 2.44. The molecule has 0 atom stereocenters. The number of carboxylic acids is 1. The molecule has 3 nitrogen and oxygen atoms in total. The summed E-state index contributed by atoms with van der Waals surface area (Å²) >= 11 is 0. The van der Waals surface area contributed by atoms with Gasteiger partial charge in [-0.25, -0.2) is 4.79 Å². The monoisotopic (exact) mass is 200 g/mol. The van der Waals surface area contributed by atoms with Crippen LogP contribution in [-0.2, 0) is 15.5 Å². The maximum atomic E-state index is 13.1. The molecule has 0 heterocycles. The zero-order valence-corrected chi connectivity index (χ0v) is 6.91. The minimum absolute atomic E-state index is 0.618. The SMILES string of the molecule is O=C(O)C(=O)C(F)(F)c1ccccc1. The van der Waals surface area contributed by atoms with E-state index in [4.69, 9.17) is 5.11 Å². The van der Waals surface area contributed by atoms with E-state index in [0.29, 0.717) is 0 Å². The number of benzene rings is 1. The van der Waals surface area contributed by atoms with Gasteiger partial charge in [0.2, 0.25) is 0 Å². The Bertz CT molecular complexity index is 360. The summed E-state index contributed by atoms with van der Waals surface area (Å²) in [5, 5.41) is 8.15. The van der Waals surface area contributed by atoms with Gasteiger partial charge >= 0.3 is 17.7 Å². The first-order chi connectivity index (χ1) is 6.46. The Morgan fingerprint density at radius 3 is 2.07 bits per heavy atom. The molecule has 0 saturated heterocycles. The minimum Gasteiger partial charge on any atom is -0.475 e. The van der Waals surface area contributed by atoms with Crippen LogP contribution >= 0.6 is 0 Å². The Morgan fingerprint density at radius 2 is 1.64 bits per heavy atom. The van der Waals surface area contributed by atoms with Crippen LogP contribution in [0.15, 0.2) is 30.3 Å². The van der Waals surface area contributed by atoms with Crippen molar-refractivity contribution in [3.8, 4) is 0 Å². The molecule has 0 aliphatic rings. The van der Waals surface area contributed by atoms with Crippen molar-refractivity contribution in [1.82, 2.24) is 0 Å². The molecule has 0 unspecified atom stereocenters. The lowest BCUT2D eigenvalue weighted by atomic mass is 10.1. The molecule has 0 bridgehead atoms. The summed E-state index contributed by atoms with van der Waals surface area (Å²) in [6.07, 6.45) is 0. The molecule has 74 valence electrons. The average Bonchev–Trinajstić information content (AvgIpc) is 2.18. The first-order valence-corrected chi connectivity index (χ1v) is 3.67. The molecule has 0 radical (unpaired) electrons. The summed E-state index contributed by atoms with van der Waals surface area (Å²) in [6, 6.07) is 6.10. The third kappa shape index (κ3) is 1.76. The molecule has 0 amide bonds.